The molecule has 0 radical (unpaired) electrons. The van der Waals surface area contributed by atoms with Crippen molar-refractivity contribution in [2.45, 2.75) is 11.3 Å². The number of ether oxygens (including phenoxy) is 1. The van der Waals surface area contributed by atoms with E-state index in [9.17, 15) is 0 Å². The van der Waals surface area contributed by atoms with Crippen molar-refractivity contribution >= 4 is 11.8 Å². The van der Waals surface area contributed by atoms with Gasteiger partial charge in [-0.2, -0.15) is 0 Å². The van der Waals surface area contributed by atoms with Gasteiger partial charge in [0.2, 0.25) is 5.16 Å². The number of tetrazole rings is 1. The van der Waals surface area contributed by atoms with E-state index < -0.39 is 0 Å². The highest BCUT2D eigenvalue weighted by Crippen LogP contribution is 2.15. The second-order valence-electron chi connectivity index (χ2n) is 3.09. The van der Waals surface area contributed by atoms with E-state index in [1.807, 2.05) is 7.05 Å². The van der Waals surface area contributed by atoms with Crippen molar-refractivity contribution in [3.8, 4) is 0 Å². The number of thioether (sulfide) groups is 1. The van der Waals surface area contributed by atoms with E-state index in [1.54, 1.807) is 16.4 Å². The zero-order valence-corrected chi connectivity index (χ0v) is 8.83. The number of hydrogen-bond donors (Lipinski definition) is 1. The molecule has 0 spiro atoms. The van der Waals surface area contributed by atoms with Crippen molar-refractivity contribution in [2.75, 3.05) is 25.4 Å². The molecule has 2 rings (SSSR count). The molecule has 0 amide bonds. The molecule has 2 heterocycles. The van der Waals surface area contributed by atoms with Crippen LogP contribution in [-0.4, -0.2) is 51.8 Å². The molecule has 0 saturated carbocycles. The molecule has 6 nitrogen and oxygen atoms in total. The van der Waals surface area contributed by atoms with E-state index in [4.69, 9.17) is 4.74 Å². The largest absolute Gasteiger partial charge is 0.375 e. The van der Waals surface area contributed by atoms with Crippen LogP contribution >= 0.6 is 11.8 Å². The van der Waals surface area contributed by atoms with Gasteiger partial charge in [0.05, 0.1) is 12.7 Å². The van der Waals surface area contributed by atoms with Gasteiger partial charge in [0.25, 0.3) is 0 Å². The predicted octanol–water partition coefficient (Wildman–Crippen LogP) is -0.709. The molecular weight excluding hydrogens is 202 g/mol. The Kier molecular flexibility index (Phi) is 3.33. The molecule has 1 aromatic heterocycles. The molecule has 1 aliphatic rings. The lowest BCUT2D eigenvalue weighted by Gasteiger charge is -2.22. The van der Waals surface area contributed by atoms with Crippen LogP contribution < -0.4 is 5.32 Å². The van der Waals surface area contributed by atoms with E-state index in [-0.39, 0.29) is 6.10 Å². The Bertz CT molecular complexity index is 285. The Morgan fingerprint density at radius 1 is 1.71 bits per heavy atom. The van der Waals surface area contributed by atoms with Gasteiger partial charge in [-0.25, -0.2) is 4.68 Å². The zero-order valence-electron chi connectivity index (χ0n) is 8.01. The SMILES string of the molecule is Cn1nnnc1SCC1CNCCO1. The fourth-order valence-electron chi connectivity index (χ4n) is 1.24. The number of nitrogens with one attached hydrogen (secondary N) is 1. The highest BCUT2D eigenvalue weighted by Gasteiger charge is 2.14. The summed E-state index contributed by atoms with van der Waals surface area (Å²) in [6, 6.07) is 0. The Balaban J connectivity index is 1.79. The van der Waals surface area contributed by atoms with Crippen LogP contribution in [0.15, 0.2) is 5.16 Å². The lowest BCUT2D eigenvalue weighted by atomic mass is 10.3. The van der Waals surface area contributed by atoms with Crippen LogP contribution in [0.1, 0.15) is 0 Å². The molecule has 0 aromatic carbocycles. The van der Waals surface area contributed by atoms with Crippen molar-refractivity contribution in [2.24, 2.45) is 7.05 Å². The first kappa shape index (κ1) is 9.88. The fraction of sp³-hybridized carbons (Fsp3) is 0.857. The third kappa shape index (κ3) is 2.43. The predicted molar refractivity (Wildman–Crippen MR) is 52.1 cm³/mol. The molecule has 1 aromatic rings. The first-order valence-corrected chi connectivity index (χ1v) is 5.52. The molecule has 1 atom stereocenters. The standard InChI is InChI=1S/C7H13N5OS/c1-12-7(9-10-11-12)14-5-6-4-8-2-3-13-6/h6,8H,2-5H2,1H3. The van der Waals surface area contributed by atoms with E-state index in [0.29, 0.717) is 0 Å². The molecule has 1 fully saturated rings. The van der Waals surface area contributed by atoms with Crippen molar-refractivity contribution in [3.05, 3.63) is 0 Å². The van der Waals surface area contributed by atoms with E-state index in [1.165, 1.54) is 0 Å². The number of aryl methyl sites for hydroxylation is 1. The molecule has 1 N–H and O–H groups in total. The lowest BCUT2D eigenvalue weighted by Crippen LogP contribution is -2.39. The lowest BCUT2D eigenvalue weighted by molar-refractivity contribution is 0.0440. The molecule has 78 valence electrons. The molecule has 1 aliphatic heterocycles. The van der Waals surface area contributed by atoms with E-state index in [2.05, 4.69) is 20.8 Å². The quantitative estimate of drug-likeness (QED) is 0.672. The summed E-state index contributed by atoms with van der Waals surface area (Å²) < 4.78 is 7.22. The Morgan fingerprint density at radius 2 is 2.64 bits per heavy atom. The second-order valence-corrected chi connectivity index (χ2v) is 4.08. The Morgan fingerprint density at radius 3 is 3.29 bits per heavy atom. The van der Waals surface area contributed by atoms with Crippen LogP contribution in [0, 0.1) is 0 Å². The zero-order chi connectivity index (χ0) is 9.80. The van der Waals surface area contributed by atoms with Gasteiger partial charge in [-0.3, -0.25) is 0 Å². The minimum absolute atomic E-state index is 0.269. The van der Waals surface area contributed by atoms with Gasteiger partial charge >= 0.3 is 0 Å². The summed E-state index contributed by atoms with van der Waals surface area (Å²) in [5, 5.41) is 15.3. The normalized spacial score (nSPS) is 22.5. The molecular formula is C7H13N5OS. The maximum absolute atomic E-state index is 5.55. The first-order chi connectivity index (χ1) is 6.86. The minimum Gasteiger partial charge on any atom is -0.375 e. The molecule has 0 aliphatic carbocycles. The number of hydrogen-bond acceptors (Lipinski definition) is 6. The monoisotopic (exact) mass is 215 g/mol. The Labute approximate surface area is 86.4 Å². The summed E-state index contributed by atoms with van der Waals surface area (Å²) in [4.78, 5) is 0. The maximum Gasteiger partial charge on any atom is 0.209 e. The third-order valence-corrected chi connectivity index (χ3v) is 3.13. The first-order valence-electron chi connectivity index (χ1n) is 4.54. The van der Waals surface area contributed by atoms with Crippen LogP contribution in [-0.2, 0) is 11.8 Å². The molecule has 14 heavy (non-hydrogen) atoms. The average Bonchev–Trinajstić information content (AvgIpc) is 2.63. The summed E-state index contributed by atoms with van der Waals surface area (Å²) >= 11 is 1.62. The van der Waals surface area contributed by atoms with E-state index in [0.717, 1.165) is 30.6 Å². The second kappa shape index (κ2) is 4.72. The summed E-state index contributed by atoms with van der Waals surface area (Å²) in [6.07, 6.45) is 0.269. The van der Waals surface area contributed by atoms with Gasteiger partial charge in [0.15, 0.2) is 0 Å². The van der Waals surface area contributed by atoms with Crippen molar-refractivity contribution in [3.63, 3.8) is 0 Å². The van der Waals surface area contributed by atoms with Gasteiger partial charge in [-0.05, 0) is 10.4 Å². The Hall–Kier alpha value is -0.660. The van der Waals surface area contributed by atoms with Crippen molar-refractivity contribution < 1.29 is 4.74 Å². The van der Waals surface area contributed by atoms with Gasteiger partial charge in [-0.15, -0.1) is 5.10 Å². The number of nitrogens with zero attached hydrogens (tertiary/aromatic N) is 4. The van der Waals surface area contributed by atoms with Gasteiger partial charge in [0.1, 0.15) is 0 Å². The van der Waals surface area contributed by atoms with Crippen LogP contribution in [0.5, 0.6) is 0 Å². The van der Waals surface area contributed by atoms with Crippen molar-refractivity contribution in [1.82, 2.24) is 25.5 Å². The van der Waals surface area contributed by atoms with Crippen LogP contribution in [0.3, 0.4) is 0 Å². The van der Waals surface area contributed by atoms with Gasteiger partial charge in [0, 0.05) is 25.9 Å². The highest BCUT2D eigenvalue weighted by molar-refractivity contribution is 7.99. The van der Waals surface area contributed by atoms with Gasteiger partial charge < -0.3 is 10.1 Å². The molecule has 7 heteroatoms. The summed E-state index contributed by atoms with van der Waals surface area (Å²) in [5.74, 6) is 0.890. The molecule has 1 saturated heterocycles. The summed E-state index contributed by atoms with van der Waals surface area (Å²) in [5.41, 5.74) is 0. The topological polar surface area (TPSA) is 64.9 Å². The minimum atomic E-state index is 0.269. The molecule has 1 unspecified atom stereocenters. The molecule has 0 bridgehead atoms. The maximum atomic E-state index is 5.55. The average molecular weight is 215 g/mol. The van der Waals surface area contributed by atoms with Crippen LogP contribution in [0.25, 0.3) is 0 Å². The fourth-order valence-corrected chi connectivity index (χ4v) is 2.10. The highest BCUT2D eigenvalue weighted by atomic mass is 32.2. The summed E-state index contributed by atoms with van der Waals surface area (Å²) in [7, 11) is 1.84. The van der Waals surface area contributed by atoms with Crippen molar-refractivity contribution in [1.29, 1.82) is 0 Å². The smallest absolute Gasteiger partial charge is 0.209 e. The summed E-state index contributed by atoms with van der Waals surface area (Å²) in [6.45, 7) is 2.66. The van der Waals surface area contributed by atoms with Crippen LogP contribution in [0.2, 0.25) is 0 Å². The van der Waals surface area contributed by atoms with E-state index >= 15 is 0 Å². The van der Waals surface area contributed by atoms with Gasteiger partial charge in [-0.1, -0.05) is 11.8 Å². The number of rotatable bonds is 3. The third-order valence-electron chi connectivity index (χ3n) is 1.98. The number of morpholine rings is 1. The van der Waals surface area contributed by atoms with Crippen LogP contribution in [0.4, 0.5) is 0 Å². The number of aromatic nitrogens is 4.